The van der Waals surface area contributed by atoms with Gasteiger partial charge in [-0.15, -0.1) is 0 Å². The summed E-state index contributed by atoms with van der Waals surface area (Å²) in [5.74, 6) is -0.318. The van der Waals surface area contributed by atoms with E-state index in [0.717, 1.165) is 27.4 Å². The van der Waals surface area contributed by atoms with Crippen molar-refractivity contribution in [2.45, 2.75) is 44.2 Å². The van der Waals surface area contributed by atoms with E-state index < -0.39 is 28.5 Å². The Bertz CT molecular complexity index is 1660. The van der Waals surface area contributed by atoms with Gasteiger partial charge in [0.25, 0.3) is 10.0 Å². The Labute approximate surface area is 270 Å². The van der Waals surface area contributed by atoms with Gasteiger partial charge in [0.2, 0.25) is 11.8 Å². The predicted molar refractivity (Wildman–Crippen MR) is 178 cm³/mol. The standard InChI is InChI=1S/C35H38ClN3O5S/c1-4-22-37-35(41)33(23-27-8-6-5-7-9-27)38(24-28-12-14-29(36)15-13-28)34(40)25-39(30-16-18-31(44-3)19-17-30)45(42,43)32-20-10-26(2)11-21-32/h5-21,33H,4,22-25H2,1-3H3,(H,37,41). The van der Waals surface area contributed by atoms with E-state index in [9.17, 15) is 18.0 Å². The third-order valence-electron chi connectivity index (χ3n) is 7.33. The number of aryl methyl sites for hydroxylation is 1. The number of benzene rings is 4. The second kappa shape index (κ2) is 15.6. The van der Waals surface area contributed by atoms with Gasteiger partial charge < -0.3 is 15.0 Å². The number of sulfonamides is 1. The van der Waals surface area contributed by atoms with Crippen LogP contribution in [-0.2, 0) is 32.6 Å². The minimum absolute atomic E-state index is 0.0440. The molecule has 0 aromatic heterocycles. The number of ether oxygens (including phenoxy) is 1. The number of halogens is 1. The Morgan fingerprint density at radius 3 is 2.11 bits per heavy atom. The number of amides is 2. The molecule has 4 rings (SSSR count). The van der Waals surface area contributed by atoms with Crippen LogP contribution in [0.3, 0.4) is 0 Å². The quantitative estimate of drug-likeness (QED) is 0.181. The number of hydrogen-bond acceptors (Lipinski definition) is 5. The molecule has 45 heavy (non-hydrogen) atoms. The fourth-order valence-electron chi connectivity index (χ4n) is 4.82. The second-order valence-electron chi connectivity index (χ2n) is 10.7. The van der Waals surface area contributed by atoms with Crippen molar-refractivity contribution < 1.29 is 22.7 Å². The lowest BCUT2D eigenvalue weighted by atomic mass is 10.0. The molecule has 0 bridgehead atoms. The zero-order valence-electron chi connectivity index (χ0n) is 25.6. The van der Waals surface area contributed by atoms with Crippen molar-refractivity contribution in [1.29, 1.82) is 0 Å². The molecule has 1 atom stereocenters. The van der Waals surface area contributed by atoms with Crippen LogP contribution in [0.1, 0.15) is 30.0 Å². The van der Waals surface area contributed by atoms with Crippen molar-refractivity contribution in [2.24, 2.45) is 0 Å². The normalized spacial score (nSPS) is 11.8. The highest BCUT2D eigenvalue weighted by atomic mass is 35.5. The third kappa shape index (κ3) is 8.86. The van der Waals surface area contributed by atoms with E-state index >= 15 is 0 Å². The van der Waals surface area contributed by atoms with Crippen molar-refractivity contribution in [1.82, 2.24) is 10.2 Å². The fourth-order valence-corrected chi connectivity index (χ4v) is 6.36. The van der Waals surface area contributed by atoms with Gasteiger partial charge in [0.1, 0.15) is 18.3 Å². The lowest BCUT2D eigenvalue weighted by Crippen LogP contribution is -2.53. The summed E-state index contributed by atoms with van der Waals surface area (Å²) in [5, 5.41) is 3.48. The molecule has 1 N–H and O–H groups in total. The highest BCUT2D eigenvalue weighted by Crippen LogP contribution is 2.27. The van der Waals surface area contributed by atoms with E-state index in [0.29, 0.717) is 17.3 Å². The van der Waals surface area contributed by atoms with Gasteiger partial charge in [0.15, 0.2) is 0 Å². The summed E-state index contributed by atoms with van der Waals surface area (Å²) < 4.78 is 34.6. The molecule has 4 aromatic carbocycles. The van der Waals surface area contributed by atoms with Gasteiger partial charge >= 0.3 is 0 Å². The second-order valence-corrected chi connectivity index (χ2v) is 13.0. The summed E-state index contributed by atoms with van der Waals surface area (Å²) in [7, 11) is -2.67. The average Bonchev–Trinajstić information content (AvgIpc) is 3.05. The number of carbonyl (C=O) groups is 2. The SMILES string of the molecule is CCCNC(=O)C(Cc1ccccc1)N(Cc1ccc(Cl)cc1)C(=O)CN(c1ccc(OC)cc1)S(=O)(=O)c1ccc(C)cc1. The summed E-state index contributed by atoms with van der Waals surface area (Å²) >= 11 is 6.14. The Balaban J connectivity index is 1.79. The summed E-state index contributed by atoms with van der Waals surface area (Å²) in [4.78, 5) is 29.7. The third-order valence-corrected chi connectivity index (χ3v) is 9.37. The van der Waals surface area contributed by atoms with Crippen molar-refractivity contribution in [3.63, 3.8) is 0 Å². The Morgan fingerprint density at radius 2 is 1.51 bits per heavy atom. The Morgan fingerprint density at radius 1 is 0.867 bits per heavy atom. The van der Waals surface area contributed by atoms with E-state index in [1.54, 1.807) is 60.7 Å². The molecule has 2 amide bonds. The first-order valence-corrected chi connectivity index (χ1v) is 16.5. The predicted octanol–water partition coefficient (Wildman–Crippen LogP) is 6.02. The smallest absolute Gasteiger partial charge is 0.264 e. The molecule has 0 radical (unpaired) electrons. The molecule has 236 valence electrons. The number of rotatable bonds is 14. The maximum absolute atomic E-state index is 14.5. The highest BCUT2D eigenvalue weighted by Gasteiger charge is 2.34. The first kappa shape index (κ1) is 33.6. The molecule has 0 aliphatic rings. The van der Waals surface area contributed by atoms with Gasteiger partial charge in [0, 0.05) is 24.5 Å². The molecule has 4 aromatic rings. The summed E-state index contributed by atoms with van der Waals surface area (Å²) in [6.07, 6.45) is 0.956. The van der Waals surface area contributed by atoms with Gasteiger partial charge in [-0.3, -0.25) is 13.9 Å². The van der Waals surface area contributed by atoms with Crippen LogP contribution in [0.2, 0.25) is 5.02 Å². The summed E-state index contributed by atoms with van der Waals surface area (Å²) in [6, 6.07) is 28.5. The van der Waals surface area contributed by atoms with Crippen LogP contribution in [-0.4, -0.2) is 51.4 Å². The number of nitrogens with zero attached hydrogens (tertiary/aromatic N) is 2. The lowest BCUT2D eigenvalue weighted by Gasteiger charge is -2.34. The molecule has 8 nitrogen and oxygen atoms in total. The topological polar surface area (TPSA) is 96.0 Å². The molecule has 0 heterocycles. The van der Waals surface area contributed by atoms with Crippen LogP contribution in [0, 0.1) is 6.92 Å². The van der Waals surface area contributed by atoms with Gasteiger partial charge in [-0.1, -0.05) is 78.7 Å². The minimum Gasteiger partial charge on any atom is -0.497 e. The molecule has 0 fully saturated rings. The molecule has 0 aliphatic carbocycles. The van der Waals surface area contributed by atoms with Gasteiger partial charge in [-0.05, 0) is 73.0 Å². The van der Waals surface area contributed by atoms with Gasteiger partial charge in [0.05, 0.1) is 17.7 Å². The maximum Gasteiger partial charge on any atom is 0.264 e. The Hall–Kier alpha value is -4.34. The number of nitrogens with one attached hydrogen (secondary N) is 1. The van der Waals surface area contributed by atoms with Crippen LogP contribution < -0.4 is 14.4 Å². The number of methoxy groups -OCH3 is 1. The molecule has 0 saturated carbocycles. The molecular weight excluding hydrogens is 610 g/mol. The Kier molecular flexibility index (Phi) is 11.6. The van der Waals surface area contributed by atoms with E-state index in [1.165, 1.54) is 24.1 Å². The van der Waals surface area contributed by atoms with Gasteiger partial charge in [-0.25, -0.2) is 8.42 Å². The summed E-state index contributed by atoms with van der Waals surface area (Å²) in [6.45, 7) is 3.78. The highest BCUT2D eigenvalue weighted by molar-refractivity contribution is 7.92. The zero-order chi connectivity index (χ0) is 32.4. The van der Waals surface area contributed by atoms with E-state index in [1.807, 2.05) is 44.2 Å². The fraction of sp³-hybridized carbons (Fsp3) is 0.257. The lowest BCUT2D eigenvalue weighted by molar-refractivity contribution is -0.140. The van der Waals surface area contributed by atoms with Crippen LogP contribution >= 0.6 is 11.6 Å². The first-order valence-electron chi connectivity index (χ1n) is 14.7. The molecule has 10 heteroatoms. The van der Waals surface area contributed by atoms with Crippen molar-refractivity contribution in [3.05, 3.63) is 125 Å². The molecular formula is C35H38ClN3O5S. The van der Waals surface area contributed by atoms with Crippen LogP contribution in [0.4, 0.5) is 5.69 Å². The van der Waals surface area contributed by atoms with Crippen molar-refractivity contribution in [3.8, 4) is 5.75 Å². The van der Waals surface area contributed by atoms with Gasteiger partial charge in [-0.2, -0.15) is 0 Å². The van der Waals surface area contributed by atoms with E-state index in [4.69, 9.17) is 16.3 Å². The van der Waals surface area contributed by atoms with Crippen LogP contribution in [0.15, 0.2) is 108 Å². The summed E-state index contributed by atoms with van der Waals surface area (Å²) in [5.41, 5.74) is 2.79. The van der Waals surface area contributed by atoms with Crippen LogP contribution in [0.25, 0.3) is 0 Å². The van der Waals surface area contributed by atoms with E-state index in [2.05, 4.69) is 5.32 Å². The molecule has 1 unspecified atom stereocenters. The zero-order valence-corrected chi connectivity index (χ0v) is 27.2. The molecule has 0 saturated heterocycles. The monoisotopic (exact) mass is 647 g/mol. The van der Waals surface area contributed by atoms with Crippen molar-refractivity contribution in [2.75, 3.05) is 24.5 Å². The molecule has 0 aliphatic heterocycles. The minimum atomic E-state index is -4.19. The largest absolute Gasteiger partial charge is 0.497 e. The number of carbonyl (C=O) groups excluding carboxylic acids is 2. The number of hydrogen-bond donors (Lipinski definition) is 1. The van der Waals surface area contributed by atoms with E-state index in [-0.39, 0.29) is 29.5 Å². The number of anilines is 1. The maximum atomic E-state index is 14.5. The first-order chi connectivity index (χ1) is 21.6. The van der Waals surface area contributed by atoms with Crippen molar-refractivity contribution >= 4 is 39.1 Å². The average molecular weight is 648 g/mol. The van der Waals surface area contributed by atoms with Crippen LogP contribution in [0.5, 0.6) is 5.75 Å². The molecule has 0 spiro atoms.